The average Bonchev–Trinajstić information content (AvgIpc) is 2.37. The van der Waals surface area contributed by atoms with E-state index in [1.54, 1.807) is 12.1 Å². The molecule has 0 aliphatic carbocycles. The van der Waals surface area contributed by atoms with Crippen LogP contribution in [-0.2, 0) is 6.42 Å². The fourth-order valence-corrected chi connectivity index (χ4v) is 0.966. The summed E-state index contributed by atoms with van der Waals surface area (Å²) in [4.78, 5) is 10.5. The summed E-state index contributed by atoms with van der Waals surface area (Å²) in [5, 5.41) is -0.535. The van der Waals surface area contributed by atoms with Crippen LogP contribution in [-0.4, -0.2) is 5.24 Å². The number of hydrogen-bond donors (Lipinski definition) is 0. The van der Waals surface area contributed by atoms with Crippen molar-refractivity contribution >= 4 is 16.8 Å². The molecule has 3 heteroatoms. The van der Waals surface area contributed by atoms with E-state index in [4.69, 9.17) is 16.0 Å². The van der Waals surface area contributed by atoms with Crippen LogP contribution in [0.1, 0.15) is 29.7 Å². The first-order valence-electron chi connectivity index (χ1n) is 3.52. The van der Waals surface area contributed by atoms with Crippen molar-refractivity contribution < 1.29 is 9.21 Å². The first-order valence-corrected chi connectivity index (χ1v) is 3.90. The van der Waals surface area contributed by atoms with Crippen LogP contribution in [0.25, 0.3) is 0 Å². The van der Waals surface area contributed by atoms with E-state index in [0.29, 0.717) is 0 Å². The van der Waals surface area contributed by atoms with E-state index in [0.717, 1.165) is 18.6 Å². The Morgan fingerprint density at radius 1 is 1.64 bits per heavy atom. The highest BCUT2D eigenvalue weighted by molar-refractivity contribution is 6.67. The molecule has 0 aliphatic heterocycles. The minimum atomic E-state index is -0.535. The fraction of sp³-hybridized carbons (Fsp3) is 0.375. The minimum absolute atomic E-state index is 0.232. The topological polar surface area (TPSA) is 30.2 Å². The standard InChI is InChI=1S/C8H9ClO2/c1-2-3-6-4-5-7(11-6)8(9)10/h4-5H,2-3H2,1H3. The summed E-state index contributed by atoms with van der Waals surface area (Å²) in [7, 11) is 0. The van der Waals surface area contributed by atoms with Gasteiger partial charge in [0.15, 0.2) is 5.76 Å². The van der Waals surface area contributed by atoms with Gasteiger partial charge in [-0.05, 0) is 30.2 Å². The van der Waals surface area contributed by atoms with Gasteiger partial charge in [0, 0.05) is 6.42 Å². The van der Waals surface area contributed by atoms with Gasteiger partial charge >= 0.3 is 0 Å². The second-order valence-electron chi connectivity index (χ2n) is 2.29. The highest BCUT2D eigenvalue weighted by Gasteiger charge is 2.06. The highest BCUT2D eigenvalue weighted by Crippen LogP contribution is 2.11. The normalized spacial score (nSPS) is 10.0. The lowest BCUT2D eigenvalue weighted by Gasteiger charge is -1.88. The molecule has 0 N–H and O–H groups in total. The Bertz CT molecular complexity index is 252. The maximum Gasteiger partial charge on any atom is 0.287 e. The van der Waals surface area contributed by atoms with E-state index >= 15 is 0 Å². The Hall–Kier alpha value is -0.760. The zero-order chi connectivity index (χ0) is 8.27. The molecule has 0 fully saturated rings. The van der Waals surface area contributed by atoms with Gasteiger partial charge in [0.2, 0.25) is 0 Å². The van der Waals surface area contributed by atoms with E-state index in [2.05, 4.69) is 0 Å². The van der Waals surface area contributed by atoms with Crippen LogP contribution in [0.5, 0.6) is 0 Å². The van der Waals surface area contributed by atoms with Crippen molar-refractivity contribution in [3.63, 3.8) is 0 Å². The first-order chi connectivity index (χ1) is 5.24. The number of halogens is 1. The third-order valence-electron chi connectivity index (χ3n) is 1.35. The summed E-state index contributed by atoms with van der Waals surface area (Å²) in [5.74, 6) is 1.05. The first kappa shape index (κ1) is 8.34. The number of aryl methyl sites for hydroxylation is 1. The number of rotatable bonds is 3. The van der Waals surface area contributed by atoms with Crippen molar-refractivity contribution in [3.05, 3.63) is 23.7 Å². The van der Waals surface area contributed by atoms with Gasteiger partial charge in [0.25, 0.3) is 5.24 Å². The summed E-state index contributed by atoms with van der Waals surface area (Å²) >= 11 is 5.18. The Kier molecular flexibility index (Phi) is 2.71. The van der Waals surface area contributed by atoms with Gasteiger partial charge in [-0.1, -0.05) is 6.92 Å². The second-order valence-corrected chi connectivity index (χ2v) is 2.63. The molecule has 0 atom stereocenters. The van der Waals surface area contributed by atoms with Crippen molar-refractivity contribution in [1.82, 2.24) is 0 Å². The van der Waals surface area contributed by atoms with Gasteiger partial charge in [0.1, 0.15) is 5.76 Å². The Balaban J connectivity index is 2.73. The van der Waals surface area contributed by atoms with Gasteiger partial charge in [-0.25, -0.2) is 0 Å². The van der Waals surface area contributed by atoms with Crippen molar-refractivity contribution in [1.29, 1.82) is 0 Å². The van der Waals surface area contributed by atoms with Gasteiger partial charge in [-0.2, -0.15) is 0 Å². The molecule has 1 aromatic heterocycles. The molecule has 1 aromatic rings. The molecule has 0 saturated heterocycles. The van der Waals surface area contributed by atoms with Gasteiger partial charge in [-0.15, -0.1) is 0 Å². The smallest absolute Gasteiger partial charge is 0.287 e. The number of carbonyl (C=O) groups is 1. The van der Waals surface area contributed by atoms with Crippen LogP contribution >= 0.6 is 11.6 Å². The zero-order valence-electron chi connectivity index (χ0n) is 6.26. The largest absolute Gasteiger partial charge is 0.457 e. The molecule has 0 bridgehead atoms. The third-order valence-corrected chi connectivity index (χ3v) is 1.54. The molecule has 60 valence electrons. The molecular weight excluding hydrogens is 164 g/mol. The summed E-state index contributed by atoms with van der Waals surface area (Å²) in [5.41, 5.74) is 0. The third kappa shape index (κ3) is 2.09. The summed E-state index contributed by atoms with van der Waals surface area (Å²) in [6, 6.07) is 3.37. The van der Waals surface area contributed by atoms with Gasteiger partial charge in [-0.3, -0.25) is 4.79 Å². The Morgan fingerprint density at radius 2 is 2.36 bits per heavy atom. The van der Waals surface area contributed by atoms with Crippen LogP contribution in [0.15, 0.2) is 16.5 Å². The lowest BCUT2D eigenvalue weighted by Crippen LogP contribution is -1.82. The second kappa shape index (κ2) is 3.58. The monoisotopic (exact) mass is 172 g/mol. The summed E-state index contributed by atoms with van der Waals surface area (Å²) in [6.07, 6.45) is 1.85. The molecule has 0 spiro atoms. The zero-order valence-corrected chi connectivity index (χ0v) is 7.02. The lowest BCUT2D eigenvalue weighted by molar-refractivity contribution is 0.105. The predicted molar refractivity (Wildman–Crippen MR) is 42.9 cm³/mol. The lowest BCUT2D eigenvalue weighted by atomic mass is 10.3. The Morgan fingerprint density at radius 3 is 2.82 bits per heavy atom. The van der Waals surface area contributed by atoms with E-state index in [1.165, 1.54) is 0 Å². The van der Waals surface area contributed by atoms with Crippen LogP contribution in [0.2, 0.25) is 0 Å². The molecule has 0 amide bonds. The van der Waals surface area contributed by atoms with Crippen molar-refractivity contribution in [3.8, 4) is 0 Å². The highest BCUT2D eigenvalue weighted by atomic mass is 35.5. The Labute approximate surface area is 70.2 Å². The molecule has 0 radical (unpaired) electrons. The van der Waals surface area contributed by atoms with Crippen LogP contribution in [0.3, 0.4) is 0 Å². The van der Waals surface area contributed by atoms with E-state index < -0.39 is 5.24 Å². The average molecular weight is 173 g/mol. The number of hydrogen-bond acceptors (Lipinski definition) is 2. The molecule has 0 saturated carbocycles. The number of carbonyl (C=O) groups excluding carboxylic acids is 1. The number of furan rings is 1. The van der Waals surface area contributed by atoms with Crippen LogP contribution in [0.4, 0.5) is 0 Å². The molecule has 0 aromatic carbocycles. The molecule has 0 aliphatic rings. The van der Waals surface area contributed by atoms with Gasteiger partial charge < -0.3 is 4.42 Å². The van der Waals surface area contributed by atoms with Crippen molar-refractivity contribution in [2.75, 3.05) is 0 Å². The van der Waals surface area contributed by atoms with E-state index in [1.807, 2.05) is 6.92 Å². The quantitative estimate of drug-likeness (QED) is 0.657. The van der Waals surface area contributed by atoms with E-state index in [-0.39, 0.29) is 5.76 Å². The maximum absolute atomic E-state index is 10.5. The SMILES string of the molecule is CCCc1ccc(C(=O)Cl)o1. The molecule has 11 heavy (non-hydrogen) atoms. The molecule has 2 nitrogen and oxygen atoms in total. The van der Waals surface area contributed by atoms with Crippen LogP contribution in [0, 0.1) is 0 Å². The fourth-order valence-electron chi connectivity index (χ4n) is 0.864. The predicted octanol–water partition coefficient (Wildman–Crippen LogP) is 2.61. The molecule has 1 rings (SSSR count). The maximum atomic E-state index is 10.5. The van der Waals surface area contributed by atoms with Crippen LogP contribution < -0.4 is 0 Å². The van der Waals surface area contributed by atoms with Gasteiger partial charge in [0.05, 0.1) is 0 Å². The van der Waals surface area contributed by atoms with E-state index in [9.17, 15) is 4.79 Å². The summed E-state index contributed by atoms with van der Waals surface area (Å²) < 4.78 is 5.10. The van der Waals surface area contributed by atoms with Crippen molar-refractivity contribution in [2.24, 2.45) is 0 Å². The molecular formula is C8H9ClO2. The molecule has 0 unspecified atom stereocenters. The minimum Gasteiger partial charge on any atom is -0.457 e. The van der Waals surface area contributed by atoms with Crippen molar-refractivity contribution in [2.45, 2.75) is 19.8 Å². The molecule has 1 heterocycles. The summed E-state index contributed by atoms with van der Waals surface area (Å²) in [6.45, 7) is 2.05.